The second-order valence-corrected chi connectivity index (χ2v) is 10.3. The topological polar surface area (TPSA) is 86.8 Å². The lowest BCUT2D eigenvalue weighted by Gasteiger charge is -2.31. The quantitative estimate of drug-likeness (QED) is 0.516. The Morgan fingerprint density at radius 3 is 2.39 bits per heavy atom. The van der Waals surface area contributed by atoms with Gasteiger partial charge in [0.2, 0.25) is 21.8 Å². The summed E-state index contributed by atoms with van der Waals surface area (Å²) in [5, 5.41) is 3.07. The highest BCUT2D eigenvalue weighted by Crippen LogP contribution is 2.23. The SMILES string of the molecule is CC[C@H](C(=O)NC)N(Cc1cccc(C)c1)C(=O)CCCN(c1cccc(Cl)c1)S(C)(=O)=O. The Hall–Kier alpha value is -2.58. The minimum absolute atomic E-state index is 0.103. The Morgan fingerprint density at radius 1 is 1.12 bits per heavy atom. The molecule has 0 bridgehead atoms. The van der Waals surface area contributed by atoms with Crippen LogP contribution in [0.25, 0.3) is 0 Å². The summed E-state index contributed by atoms with van der Waals surface area (Å²) in [5.41, 5.74) is 2.45. The predicted octanol–water partition coefficient (Wildman–Crippen LogP) is 3.75. The monoisotopic (exact) mass is 493 g/mol. The Bertz CT molecular complexity index is 1070. The molecule has 0 aromatic heterocycles. The smallest absolute Gasteiger partial charge is 0.242 e. The molecule has 9 heteroatoms. The van der Waals surface area contributed by atoms with Crippen molar-refractivity contribution in [1.29, 1.82) is 0 Å². The van der Waals surface area contributed by atoms with Crippen LogP contribution in [0.4, 0.5) is 5.69 Å². The second kappa shape index (κ2) is 12.0. The van der Waals surface area contributed by atoms with E-state index in [0.717, 1.165) is 17.4 Å². The Kier molecular flexibility index (Phi) is 9.73. The van der Waals surface area contributed by atoms with Gasteiger partial charge in [0.25, 0.3) is 0 Å². The van der Waals surface area contributed by atoms with Crippen LogP contribution >= 0.6 is 11.6 Å². The number of nitrogens with zero attached hydrogens (tertiary/aromatic N) is 2. The van der Waals surface area contributed by atoms with Crippen LogP contribution in [0.15, 0.2) is 48.5 Å². The fourth-order valence-corrected chi connectivity index (χ4v) is 4.87. The normalized spacial score (nSPS) is 12.2. The van der Waals surface area contributed by atoms with Crippen molar-refractivity contribution in [3.63, 3.8) is 0 Å². The number of nitrogens with one attached hydrogen (secondary N) is 1. The maximum Gasteiger partial charge on any atom is 0.242 e. The minimum Gasteiger partial charge on any atom is -0.357 e. The van der Waals surface area contributed by atoms with E-state index in [-0.39, 0.29) is 24.8 Å². The zero-order chi connectivity index (χ0) is 24.6. The fraction of sp³-hybridized carbons (Fsp3) is 0.417. The van der Waals surface area contributed by atoms with E-state index in [1.165, 1.54) is 4.31 Å². The first-order valence-electron chi connectivity index (χ1n) is 10.9. The van der Waals surface area contributed by atoms with Gasteiger partial charge in [0.1, 0.15) is 6.04 Å². The first-order chi connectivity index (χ1) is 15.6. The molecule has 0 spiro atoms. The van der Waals surface area contributed by atoms with E-state index in [9.17, 15) is 18.0 Å². The molecule has 0 aliphatic rings. The van der Waals surface area contributed by atoms with E-state index >= 15 is 0 Å². The highest BCUT2D eigenvalue weighted by molar-refractivity contribution is 7.92. The van der Waals surface area contributed by atoms with Gasteiger partial charge < -0.3 is 10.2 Å². The van der Waals surface area contributed by atoms with Crippen molar-refractivity contribution in [1.82, 2.24) is 10.2 Å². The van der Waals surface area contributed by atoms with E-state index in [1.54, 1.807) is 36.2 Å². The lowest BCUT2D eigenvalue weighted by molar-refractivity contribution is -0.141. The number of amides is 2. The summed E-state index contributed by atoms with van der Waals surface area (Å²) in [6.07, 6.45) is 1.99. The van der Waals surface area contributed by atoms with E-state index < -0.39 is 16.1 Å². The molecule has 1 N–H and O–H groups in total. The number of hydrogen-bond acceptors (Lipinski definition) is 4. The number of benzene rings is 2. The average Bonchev–Trinajstić information content (AvgIpc) is 2.75. The zero-order valence-corrected chi connectivity index (χ0v) is 21.1. The van der Waals surface area contributed by atoms with Crippen LogP contribution in [0.5, 0.6) is 0 Å². The number of rotatable bonds is 11. The summed E-state index contributed by atoms with van der Waals surface area (Å²) in [5.74, 6) is -0.429. The number of aryl methyl sites for hydroxylation is 1. The summed E-state index contributed by atoms with van der Waals surface area (Å²) in [7, 11) is -2.01. The summed E-state index contributed by atoms with van der Waals surface area (Å²) in [4.78, 5) is 27.3. The number of halogens is 1. The molecule has 0 fully saturated rings. The molecule has 0 aliphatic heterocycles. The second-order valence-electron chi connectivity index (χ2n) is 7.97. The van der Waals surface area contributed by atoms with Gasteiger partial charge in [-0.05, 0) is 43.5 Å². The first kappa shape index (κ1) is 26.7. The lowest BCUT2D eigenvalue weighted by Crippen LogP contribution is -2.48. The van der Waals surface area contributed by atoms with Gasteiger partial charge in [0.15, 0.2) is 0 Å². The van der Waals surface area contributed by atoms with Gasteiger partial charge >= 0.3 is 0 Å². The first-order valence-corrected chi connectivity index (χ1v) is 13.1. The fourth-order valence-electron chi connectivity index (χ4n) is 3.73. The molecule has 2 rings (SSSR count). The zero-order valence-electron chi connectivity index (χ0n) is 19.5. The number of carbonyl (C=O) groups excluding carboxylic acids is 2. The van der Waals surface area contributed by atoms with Crippen molar-refractivity contribution in [2.24, 2.45) is 0 Å². The standard InChI is InChI=1S/C24H32ClN3O4S/c1-5-22(24(30)26-3)27(17-19-10-6-9-18(2)15-19)23(29)13-8-14-28(33(4,31)32)21-12-7-11-20(25)16-21/h6-7,9-12,15-16,22H,5,8,13-14,17H2,1-4H3,(H,26,30)/t22-/m1/s1. The van der Waals surface area contributed by atoms with Gasteiger partial charge in [-0.15, -0.1) is 0 Å². The molecule has 0 heterocycles. The molecule has 1 atom stereocenters. The molecule has 0 unspecified atom stereocenters. The molecule has 7 nitrogen and oxygen atoms in total. The molecule has 33 heavy (non-hydrogen) atoms. The molecule has 0 aliphatic carbocycles. The summed E-state index contributed by atoms with van der Waals surface area (Å²) in [6, 6.07) is 13.8. The molecule has 2 aromatic carbocycles. The molecule has 0 saturated carbocycles. The molecule has 0 radical (unpaired) electrons. The average molecular weight is 494 g/mol. The molecule has 2 amide bonds. The van der Waals surface area contributed by atoms with Gasteiger partial charge in [-0.1, -0.05) is 54.4 Å². The molecular formula is C24H32ClN3O4S. The number of likely N-dealkylation sites (N-methyl/N-ethyl adjacent to an activating group) is 1. The number of carbonyl (C=O) groups is 2. The van der Waals surface area contributed by atoms with Gasteiger partial charge in [0.05, 0.1) is 11.9 Å². The van der Waals surface area contributed by atoms with Crippen molar-refractivity contribution in [2.45, 2.75) is 45.7 Å². The van der Waals surface area contributed by atoms with Crippen LogP contribution in [0.1, 0.15) is 37.3 Å². The van der Waals surface area contributed by atoms with E-state index in [4.69, 9.17) is 11.6 Å². The van der Waals surface area contributed by atoms with Crippen LogP contribution in [-0.2, 0) is 26.2 Å². The Morgan fingerprint density at radius 2 is 1.82 bits per heavy atom. The van der Waals surface area contributed by atoms with Crippen molar-refractivity contribution < 1.29 is 18.0 Å². The van der Waals surface area contributed by atoms with Crippen molar-refractivity contribution in [2.75, 3.05) is 24.2 Å². The van der Waals surface area contributed by atoms with Gasteiger partial charge in [-0.3, -0.25) is 13.9 Å². The van der Waals surface area contributed by atoms with Crippen LogP contribution in [0.3, 0.4) is 0 Å². The van der Waals surface area contributed by atoms with Crippen LogP contribution in [0, 0.1) is 6.92 Å². The third-order valence-electron chi connectivity index (χ3n) is 5.32. The summed E-state index contributed by atoms with van der Waals surface area (Å²) in [6.45, 7) is 4.26. The van der Waals surface area contributed by atoms with Crippen LogP contribution < -0.4 is 9.62 Å². The van der Waals surface area contributed by atoms with Crippen LogP contribution in [-0.4, -0.2) is 51.0 Å². The molecule has 0 saturated heterocycles. The highest BCUT2D eigenvalue weighted by Gasteiger charge is 2.28. The van der Waals surface area contributed by atoms with Crippen LogP contribution in [0.2, 0.25) is 5.02 Å². The third kappa shape index (κ3) is 7.75. The molecule has 180 valence electrons. The van der Waals surface area contributed by atoms with E-state index in [0.29, 0.717) is 30.1 Å². The minimum atomic E-state index is -3.56. The van der Waals surface area contributed by atoms with E-state index in [1.807, 2.05) is 38.1 Å². The summed E-state index contributed by atoms with van der Waals surface area (Å²) >= 11 is 6.03. The van der Waals surface area contributed by atoms with Crippen molar-refractivity contribution in [3.05, 3.63) is 64.7 Å². The summed E-state index contributed by atoms with van der Waals surface area (Å²) < 4.78 is 25.9. The molecular weight excluding hydrogens is 462 g/mol. The maximum absolute atomic E-state index is 13.2. The maximum atomic E-state index is 13.2. The van der Waals surface area contributed by atoms with Crippen molar-refractivity contribution in [3.8, 4) is 0 Å². The number of sulfonamides is 1. The van der Waals surface area contributed by atoms with E-state index in [2.05, 4.69) is 5.32 Å². The number of anilines is 1. The third-order valence-corrected chi connectivity index (χ3v) is 6.75. The highest BCUT2D eigenvalue weighted by atomic mass is 35.5. The van der Waals surface area contributed by atoms with Crippen molar-refractivity contribution >= 4 is 39.1 Å². The molecule has 2 aromatic rings. The van der Waals surface area contributed by atoms with Gasteiger partial charge in [0, 0.05) is 31.6 Å². The Labute approximate surface area is 201 Å². The number of hydrogen-bond donors (Lipinski definition) is 1. The Balaban J connectivity index is 2.19. The van der Waals surface area contributed by atoms with Gasteiger partial charge in [-0.25, -0.2) is 8.42 Å². The lowest BCUT2D eigenvalue weighted by atomic mass is 10.1. The predicted molar refractivity (Wildman–Crippen MR) is 133 cm³/mol. The van der Waals surface area contributed by atoms with Gasteiger partial charge in [-0.2, -0.15) is 0 Å². The largest absolute Gasteiger partial charge is 0.357 e.